The Bertz CT molecular complexity index is 774. The van der Waals surface area contributed by atoms with Crippen molar-refractivity contribution in [1.29, 1.82) is 0 Å². The molecular formula is C18H24N4O5S. The summed E-state index contributed by atoms with van der Waals surface area (Å²) in [6.07, 6.45) is 0.766. The second kappa shape index (κ2) is 11.2. The number of hydrogen-bond donors (Lipinski definition) is 2. The van der Waals surface area contributed by atoms with Crippen LogP contribution >= 0.6 is 11.3 Å². The average molecular weight is 408 g/mol. The Hall–Kier alpha value is -2.72. The molecule has 2 aromatic rings. The van der Waals surface area contributed by atoms with Crippen LogP contribution in [-0.2, 0) is 16.0 Å². The van der Waals surface area contributed by atoms with Crippen molar-refractivity contribution < 1.29 is 23.8 Å². The lowest BCUT2D eigenvalue weighted by molar-refractivity contribution is -0.116. The highest BCUT2D eigenvalue weighted by molar-refractivity contribution is 7.15. The second-order valence-corrected chi connectivity index (χ2v) is 6.67. The number of anilines is 1. The van der Waals surface area contributed by atoms with Crippen LogP contribution in [0.2, 0.25) is 0 Å². The SMILES string of the molecule is CCOCCc1nnc(NC(=O)CCNC(=O)c2cc(OC)cc(OC)c2)s1. The van der Waals surface area contributed by atoms with Gasteiger partial charge in [-0.2, -0.15) is 0 Å². The van der Waals surface area contributed by atoms with Crippen LogP contribution < -0.4 is 20.1 Å². The van der Waals surface area contributed by atoms with Crippen molar-refractivity contribution >= 4 is 28.3 Å². The number of benzene rings is 1. The van der Waals surface area contributed by atoms with Gasteiger partial charge in [-0.05, 0) is 19.1 Å². The largest absolute Gasteiger partial charge is 0.497 e. The van der Waals surface area contributed by atoms with Crippen LogP contribution in [0.1, 0.15) is 28.7 Å². The molecule has 28 heavy (non-hydrogen) atoms. The number of nitrogens with one attached hydrogen (secondary N) is 2. The van der Waals surface area contributed by atoms with E-state index in [9.17, 15) is 9.59 Å². The summed E-state index contributed by atoms with van der Waals surface area (Å²) in [5.41, 5.74) is 0.389. The molecule has 0 aliphatic rings. The van der Waals surface area contributed by atoms with Gasteiger partial charge in [-0.15, -0.1) is 10.2 Å². The second-order valence-electron chi connectivity index (χ2n) is 5.60. The van der Waals surface area contributed by atoms with E-state index in [1.807, 2.05) is 6.92 Å². The first-order valence-corrected chi connectivity index (χ1v) is 9.58. The van der Waals surface area contributed by atoms with Crippen LogP contribution in [0.4, 0.5) is 5.13 Å². The molecule has 0 radical (unpaired) electrons. The van der Waals surface area contributed by atoms with Gasteiger partial charge in [0.2, 0.25) is 11.0 Å². The average Bonchev–Trinajstić information content (AvgIpc) is 3.14. The normalized spacial score (nSPS) is 10.4. The Morgan fingerprint density at radius 1 is 1.11 bits per heavy atom. The van der Waals surface area contributed by atoms with E-state index >= 15 is 0 Å². The summed E-state index contributed by atoms with van der Waals surface area (Å²) in [4.78, 5) is 24.3. The Morgan fingerprint density at radius 3 is 2.46 bits per heavy atom. The molecule has 10 heteroatoms. The van der Waals surface area contributed by atoms with Gasteiger partial charge in [0.05, 0.1) is 20.8 Å². The lowest BCUT2D eigenvalue weighted by atomic mass is 10.2. The fourth-order valence-electron chi connectivity index (χ4n) is 2.22. The van der Waals surface area contributed by atoms with Gasteiger partial charge in [0, 0.05) is 37.6 Å². The van der Waals surface area contributed by atoms with E-state index in [4.69, 9.17) is 14.2 Å². The summed E-state index contributed by atoms with van der Waals surface area (Å²) in [5.74, 6) is 0.451. The van der Waals surface area contributed by atoms with Crippen LogP contribution in [0.3, 0.4) is 0 Å². The van der Waals surface area contributed by atoms with Gasteiger partial charge in [-0.3, -0.25) is 9.59 Å². The molecule has 1 aromatic carbocycles. The minimum atomic E-state index is -0.320. The summed E-state index contributed by atoms with van der Waals surface area (Å²) in [6.45, 7) is 3.33. The fourth-order valence-corrected chi connectivity index (χ4v) is 2.96. The van der Waals surface area contributed by atoms with E-state index in [2.05, 4.69) is 20.8 Å². The predicted octanol–water partition coefficient (Wildman–Crippen LogP) is 1.89. The fraction of sp³-hybridized carbons (Fsp3) is 0.444. The molecule has 1 aromatic heterocycles. The van der Waals surface area contributed by atoms with E-state index in [1.165, 1.54) is 25.6 Å². The van der Waals surface area contributed by atoms with E-state index in [-0.39, 0.29) is 24.8 Å². The zero-order valence-corrected chi connectivity index (χ0v) is 16.9. The summed E-state index contributed by atoms with van der Waals surface area (Å²) in [7, 11) is 3.02. The highest BCUT2D eigenvalue weighted by Crippen LogP contribution is 2.22. The third-order valence-electron chi connectivity index (χ3n) is 3.63. The van der Waals surface area contributed by atoms with Crippen molar-refractivity contribution in [1.82, 2.24) is 15.5 Å². The van der Waals surface area contributed by atoms with Gasteiger partial charge in [0.15, 0.2) is 0 Å². The molecular weight excluding hydrogens is 384 g/mol. The van der Waals surface area contributed by atoms with Crippen LogP contribution in [0, 0.1) is 0 Å². The third kappa shape index (κ3) is 6.78. The smallest absolute Gasteiger partial charge is 0.251 e. The van der Waals surface area contributed by atoms with E-state index in [0.717, 1.165) is 5.01 Å². The first-order valence-electron chi connectivity index (χ1n) is 8.77. The van der Waals surface area contributed by atoms with Crippen molar-refractivity contribution in [3.8, 4) is 11.5 Å². The lowest BCUT2D eigenvalue weighted by Gasteiger charge is -2.09. The molecule has 1 heterocycles. The molecule has 0 bridgehead atoms. The number of amides is 2. The number of ether oxygens (including phenoxy) is 3. The number of carbonyl (C=O) groups is 2. The number of aromatic nitrogens is 2. The molecule has 2 amide bonds. The van der Waals surface area contributed by atoms with Crippen LogP contribution in [0.15, 0.2) is 18.2 Å². The van der Waals surface area contributed by atoms with Gasteiger partial charge < -0.3 is 24.8 Å². The quantitative estimate of drug-likeness (QED) is 0.546. The number of carbonyl (C=O) groups excluding carboxylic acids is 2. The third-order valence-corrected chi connectivity index (χ3v) is 4.53. The van der Waals surface area contributed by atoms with Crippen LogP contribution in [0.25, 0.3) is 0 Å². The van der Waals surface area contributed by atoms with Crippen LogP contribution in [-0.4, -0.2) is 56.0 Å². The molecule has 9 nitrogen and oxygen atoms in total. The number of rotatable bonds is 11. The zero-order chi connectivity index (χ0) is 20.4. The maximum atomic E-state index is 12.3. The van der Waals surface area contributed by atoms with Crippen molar-refractivity contribution in [2.75, 3.05) is 39.3 Å². The summed E-state index contributed by atoms with van der Waals surface area (Å²) in [5, 5.41) is 14.5. The topological polar surface area (TPSA) is 112 Å². The maximum absolute atomic E-state index is 12.3. The molecule has 2 rings (SSSR count). The predicted molar refractivity (Wildman–Crippen MR) is 105 cm³/mol. The van der Waals surface area contributed by atoms with Crippen molar-refractivity contribution in [2.45, 2.75) is 19.8 Å². The van der Waals surface area contributed by atoms with Gasteiger partial charge in [0.1, 0.15) is 16.5 Å². The number of nitrogens with zero attached hydrogens (tertiary/aromatic N) is 2. The molecule has 0 fully saturated rings. The van der Waals surface area contributed by atoms with E-state index in [0.29, 0.717) is 41.8 Å². The Balaban J connectivity index is 1.78. The molecule has 0 aliphatic carbocycles. The van der Waals surface area contributed by atoms with Crippen molar-refractivity contribution in [3.63, 3.8) is 0 Å². The minimum absolute atomic E-state index is 0.112. The van der Waals surface area contributed by atoms with Gasteiger partial charge >= 0.3 is 0 Å². The van der Waals surface area contributed by atoms with E-state index < -0.39 is 0 Å². The lowest BCUT2D eigenvalue weighted by Crippen LogP contribution is -2.27. The summed E-state index contributed by atoms with van der Waals surface area (Å²) in [6, 6.07) is 4.88. The standard InChI is InChI=1S/C18H24N4O5S/c1-4-27-8-6-16-21-22-18(28-16)20-15(23)5-7-19-17(24)12-9-13(25-2)11-14(10-12)26-3/h9-11H,4-8H2,1-3H3,(H,19,24)(H,20,22,23). The van der Waals surface area contributed by atoms with Crippen LogP contribution in [0.5, 0.6) is 11.5 Å². The molecule has 2 N–H and O–H groups in total. The molecule has 0 spiro atoms. The molecule has 152 valence electrons. The first kappa shape index (κ1) is 21.6. The van der Waals surface area contributed by atoms with Gasteiger partial charge in [-0.25, -0.2) is 0 Å². The highest BCUT2D eigenvalue weighted by Gasteiger charge is 2.12. The minimum Gasteiger partial charge on any atom is -0.497 e. The zero-order valence-electron chi connectivity index (χ0n) is 16.1. The Morgan fingerprint density at radius 2 is 1.82 bits per heavy atom. The van der Waals surface area contributed by atoms with Crippen molar-refractivity contribution in [2.24, 2.45) is 0 Å². The Labute approximate surface area is 167 Å². The maximum Gasteiger partial charge on any atom is 0.251 e. The first-order chi connectivity index (χ1) is 13.5. The van der Waals surface area contributed by atoms with E-state index in [1.54, 1.807) is 18.2 Å². The molecule has 0 saturated carbocycles. The van der Waals surface area contributed by atoms with Gasteiger partial charge in [0.25, 0.3) is 5.91 Å². The number of hydrogen-bond acceptors (Lipinski definition) is 8. The summed E-state index contributed by atoms with van der Waals surface area (Å²) < 4.78 is 15.6. The molecule has 0 unspecified atom stereocenters. The van der Waals surface area contributed by atoms with Crippen molar-refractivity contribution in [3.05, 3.63) is 28.8 Å². The number of methoxy groups -OCH3 is 2. The summed E-state index contributed by atoms with van der Waals surface area (Å²) >= 11 is 1.31. The Kier molecular flexibility index (Phi) is 8.63. The molecule has 0 atom stereocenters. The molecule has 0 aliphatic heterocycles. The molecule has 0 saturated heterocycles. The highest BCUT2D eigenvalue weighted by atomic mass is 32.1. The van der Waals surface area contributed by atoms with Gasteiger partial charge in [-0.1, -0.05) is 11.3 Å². The monoisotopic (exact) mass is 408 g/mol.